The summed E-state index contributed by atoms with van der Waals surface area (Å²) in [5.41, 5.74) is 0.0252. The summed E-state index contributed by atoms with van der Waals surface area (Å²) in [6, 6.07) is 4.96. The molecule has 0 spiro atoms. The summed E-state index contributed by atoms with van der Waals surface area (Å²) in [4.78, 5) is 22.1. The van der Waals surface area contributed by atoms with E-state index in [-0.39, 0.29) is 18.4 Å². The predicted octanol–water partition coefficient (Wildman–Crippen LogP) is 2.43. The predicted molar refractivity (Wildman–Crippen MR) is 85.9 cm³/mol. The Morgan fingerprint density at radius 3 is 2.52 bits per heavy atom. The Kier molecular flexibility index (Phi) is 4.87. The van der Waals surface area contributed by atoms with E-state index in [2.05, 4.69) is 15.3 Å². The van der Waals surface area contributed by atoms with E-state index in [9.17, 15) is 18.0 Å². The van der Waals surface area contributed by atoms with Crippen LogP contribution in [0.3, 0.4) is 0 Å². The van der Waals surface area contributed by atoms with Gasteiger partial charge >= 0.3 is 6.18 Å². The summed E-state index contributed by atoms with van der Waals surface area (Å²) < 4.78 is 37.5. The molecule has 1 saturated heterocycles. The number of hydrogen-bond donors (Lipinski definition) is 1. The molecule has 2 heterocycles. The number of aryl methyl sites for hydroxylation is 1. The number of carbonyl (C=O) groups is 1. The normalized spacial score (nSPS) is 14.9. The number of nitrogens with zero attached hydrogens (tertiary/aromatic N) is 3. The molecule has 0 aliphatic carbocycles. The zero-order valence-corrected chi connectivity index (χ0v) is 13.3. The standard InChI is InChI=1S/C17H17F3N4O/c18-17(19,20)13-4-1-12(2-5-13)3-6-16(25)23-14-10-24(11-14)15-9-21-7-8-22-15/h1-2,4-5,7-9,14H,3,6,10-11H2,(H,23,25). The molecule has 132 valence electrons. The third-order valence-electron chi connectivity index (χ3n) is 4.04. The lowest BCUT2D eigenvalue weighted by atomic mass is 10.1. The number of alkyl halides is 3. The van der Waals surface area contributed by atoms with Crippen LogP contribution in [0.25, 0.3) is 0 Å². The molecule has 8 heteroatoms. The molecule has 0 unspecified atom stereocenters. The maximum Gasteiger partial charge on any atom is 0.416 e. The lowest BCUT2D eigenvalue weighted by Crippen LogP contribution is -2.59. The molecule has 5 nitrogen and oxygen atoms in total. The van der Waals surface area contributed by atoms with E-state index in [0.29, 0.717) is 25.1 Å². The highest BCUT2D eigenvalue weighted by atomic mass is 19.4. The summed E-state index contributed by atoms with van der Waals surface area (Å²) in [6.45, 7) is 1.34. The minimum Gasteiger partial charge on any atom is -0.351 e. The number of anilines is 1. The highest BCUT2D eigenvalue weighted by Gasteiger charge is 2.30. The van der Waals surface area contributed by atoms with Gasteiger partial charge < -0.3 is 10.2 Å². The van der Waals surface area contributed by atoms with Crippen molar-refractivity contribution in [3.63, 3.8) is 0 Å². The SMILES string of the molecule is O=C(CCc1ccc(C(F)(F)F)cc1)NC1CN(c2cnccn2)C1. The summed E-state index contributed by atoms with van der Waals surface area (Å²) >= 11 is 0. The highest BCUT2D eigenvalue weighted by molar-refractivity contribution is 5.77. The summed E-state index contributed by atoms with van der Waals surface area (Å²) in [5, 5.41) is 2.91. The zero-order chi connectivity index (χ0) is 17.9. The number of hydrogen-bond acceptors (Lipinski definition) is 4. The van der Waals surface area contributed by atoms with Crippen LogP contribution in [0.2, 0.25) is 0 Å². The van der Waals surface area contributed by atoms with Crippen molar-refractivity contribution in [2.45, 2.75) is 25.1 Å². The van der Waals surface area contributed by atoms with Crippen LogP contribution in [-0.2, 0) is 17.4 Å². The minimum atomic E-state index is -4.34. The quantitative estimate of drug-likeness (QED) is 0.900. The smallest absolute Gasteiger partial charge is 0.351 e. The van der Waals surface area contributed by atoms with Crippen LogP contribution in [0, 0.1) is 0 Å². The molecule has 1 N–H and O–H groups in total. The van der Waals surface area contributed by atoms with Gasteiger partial charge in [-0.3, -0.25) is 9.78 Å². The van der Waals surface area contributed by atoms with Gasteiger partial charge in [0.2, 0.25) is 5.91 Å². The van der Waals surface area contributed by atoms with Gasteiger partial charge in [-0.2, -0.15) is 13.2 Å². The fourth-order valence-corrected chi connectivity index (χ4v) is 2.63. The number of rotatable bonds is 5. The van der Waals surface area contributed by atoms with E-state index in [1.807, 2.05) is 4.90 Å². The lowest BCUT2D eigenvalue weighted by molar-refractivity contribution is -0.137. The summed E-state index contributed by atoms with van der Waals surface area (Å²) in [6.07, 6.45) is 1.20. The molecule has 3 rings (SSSR count). The van der Waals surface area contributed by atoms with Crippen molar-refractivity contribution in [1.82, 2.24) is 15.3 Å². The van der Waals surface area contributed by atoms with E-state index in [1.54, 1.807) is 18.6 Å². The van der Waals surface area contributed by atoms with Crippen LogP contribution in [-0.4, -0.2) is 35.0 Å². The Bertz CT molecular complexity index is 713. The van der Waals surface area contributed by atoms with Gasteiger partial charge in [-0.1, -0.05) is 12.1 Å². The van der Waals surface area contributed by atoms with Crippen molar-refractivity contribution in [2.24, 2.45) is 0 Å². The van der Waals surface area contributed by atoms with Gasteiger partial charge in [0.1, 0.15) is 5.82 Å². The van der Waals surface area contributed by atoms with Gasteiger partial charge in [-0.25, -0.2) is 4.98 Å². The Hall–Kier alpha value is -2.64. The molecule has 0 bridgehead atoms. The van der Waals surface area contributed by atoms with Crippen molar-refractivity contribution in [3.8, 4) is 0 Å². The average Bonchev–Trinajstić information content (AvgIpc) is 2.56. The Morgan fingerprint density at radius 2 is 1.92 bits per heavy atom. The minimum absolute atomic E-state index is 0.0575. The molecule has 0 saturated carbocycles. The van der Waals surface area contributed by atoms with Gasteiger partial charge in [-0.15, -0.1) is 0 Å². The molecule has 1 aromatic heterocycles. The van der Waals surface area contributed by atoms with Crippen LogP contribution >= 0.6 is 0 Å². The van der Waals surface area contributed by atoms with Crippen molar-refractivity contribution >= 4 is 11.7 Å². The molecule has 1 fully saturated rings. The van der Waals surface area contributed by atoms with Crippen molar-refractivity contribution in [1.29, 1.82) is 0 Å². The first-order chi connectivity index (χ1) is 11.9. The Morgan fingerprint density at radius 1 is 1.20 bits per heavy atom. The second kappa shape index (κ2) is 7.08. The van der Waals surface area contributed by atoms with Gasteiger partial charge in [-0.05, 0) is 24.1 Å². The van der Waals surface area contributed by atoms with E-state index < -0.39 is 11.7 Å². The van der Waals surface area contributed by atoms with E-state index >= 15 is 0 Å². The summed E-state index contributed by atoms with van der Waals surface area (Å²) in [5.74, 6) is 0.668. The number of carbonyl (C=O) groups excluding carboxylic acids is 1. The van der Waals surface area contributed by atoms with Crippen LogP contribution in [0.4, 0.5) is 19.0 Å². The molecular weight excluding hydrogens is 333 g/mol. The van der Waals surface area contributed by atoms with E-state index in [0.717, 1.165) is 18.0 Å². The van der Waals surface area contributed by atoms with Gasteiger partial charge in [0.25, 0.3) is 0 Å². The zero-order valence-electron chi connectivity index (χ0n) is 13.3. The third kappa shape index (κ3) is 4.46. The fourth-order valence-electron chi connectivity index (χ4n) is 2.63. The molecule has 1 aromatic carbocycles. The molecule has 1 amide bonds. The third-order valence-corrected chi connectivity index (χ3v) is 4.04. The van der Waals surface area contributed by atoms with Crippen LogP contribution in [0.15, 0.2) is 42.9 Å². The lowest BCUT2D eigenvalue weighted by Gasteiger charge is -2.40. The molecule has 0 radical (unpaired) electrons. The summed E-state index contributed by atoms with van der Waals surface area (Å²) in [7, 11) is 0. The number of nitrogens with one attached hydrogen (secondary N) is 1. The van der Waals surface area contributed by atoms with Gasteiger partial charge in [0.05, 0.1) is 17.8 Å². The first-order valence-electron chi connectivity index (χ1n) is 7.88. The van der Waals surface area contributed by atoms with E-state index in [4.69, 9.17) is 0 Å². The van der Waals surface area contributed by atoms with Gasteiger partial charge in [0.15, 0.2) is 0 Å². The molecule has 0 atom stereocenters. The van der Waals surface area contributed by atoms with Gasteiger partial charge in [0, 0.05) is 31.9 Å². The monoisotopic (exact) mass is 350 g/mol. The second-order valence-electron chi connectivity index (χ2n) is 5.93. The van der Waals surface area contributed by atoms with Crippen molar-refractivity contribution in [3.05, 3.63) is 54.0 Å². The average molecular weight is 350 g/mol. The topological polar surface area (TPSA) is 58.1 Å². The second-order valence-corrected chi connectivity index (χ2v) is 5.93. The Balaban J connectivity index is 1.40. The van der Waals surface area contributed by atoms with Crippen LogP contribution in [0.5, 0.6) is 0 Å². The van der Waals surface area contributed by atoms with Crippen molar-refractivity contribution in [2.75, 3.05) is 18.0 Å². The van der Waals surface area contributed by atoms with Crippen LogP contribution in [0.1, 0.15) is 17.5 Å². The van der Waals surface area contributed by atoms with Crippen LogP contribution < -0.4 is 10.2 Å². The number of amides is 1. The first kappa shape index (κ1) is 17.2. The fraction of sp³-hybridized carbons (Fsp3) is 0.353. The van der Waals surface area contributed by atoms with E-state index in [1.165, 1.54) is 12.1 Å². The molecular formula is C17H17F3N4O. The molecule has 2 aromatic rings. The van der Waals surface area contributed by atoms with Crippen molar-refractivity contribution < 1.29 is 18.0 Å². The highest BCUT2D eigenvalue weighted by Crippen LogP contribution is 2.29. The first-order valence-corrected chi connectivity index (χ1v) is 7.88. The maximum absolute atomic E-state index is 12.5. The molecule has 1 aliphatic rings. The largest absolute Gasteiger partial charge is 0.416 e. The maximum atomic E-state index is 12.5. The number of halogens is 3. The number of benzene rings is 1. The Labute approximate surface area is 142 Å². The molecule has 1 aliphatic heterocycles. The molecule has 25 heavy (non-hydrogen) atoms. The number of aromatic nitrogens is 2.